The van der Waals surface area contributed by atoms with Gasteiger partial charge < -0.3 is 14.8 Å². The third kappa shape index (κ3) is 4.37. The number of benzene rings is 1. The summed E-state index contributed by atoms with van der Waals surface area (Å²) in [5, 5.41) is 3.13. The highest BCUT2D eigenvalue weighted by Gasteiger charge is 2.17. The van der Waals surface area contributed by atoms with E-state index in [1.165, 1.54) is 19.3 Å². The maximum atomic E-state index is 12.2. The molecule has 116 valence electrons. The van der Waals surface area contributed by atoms with E-state index in [1.54, 1.807) is 14.2 Å². The van der Waals surface area contributed by atoms with Gasteiger partial charge in [-0.05, 0) is 30.5 Å². The van der Waals surface area contributed by atoms with Crippen LogP contribution in [0, 0.1) is 0 Å². The van der Waals surface area contributed by atoms with E-state index in [2.05, 4.69) is 21.2 Å². The van der Waals surface area contributed by atoms with Crippen LogP contribution in [0.3, 0.4) is 0 Å². The van der Waals surface area contributed by atoms with Crippen LogP contribution < -0.4 is 14.8 Å². The number of ether oxygens (including phenoxy) is 2. The molecule has 4 nitrogen and oxygen atoms in total. The van der Waals surface area contributed by atoms with Crippen LogP contribution in [0.15, 0.2) is 16.6 Å². The standard InChI is InChI=1S/C16H22BrNO3/c1-20-14-8-11(13(17)10-15(14)21-2)9-16(19)18-12-6-4-3-5-7-12/h8,10,12H,3-7,9H2,1-2H3,(H,18,19). The largest absolute Gasteiger partial charge is 0.493 e. The van der Waals surface area contributed by atoms with E-state index in [9.17, 15) is 4.79 Å². The molecule has 0 aromatic heterocycles. The highest BCUT2D eigenvalue weighted by molar-refractivity contribution is 9.10. The van der Waals surface area contributed by atoms with Crippen molar-refractivity contribution in [2.24, 2.45) is 0 Å². The Balaban J connectivity index is 2.02. The third-order valence-electron chi connectivity index (χ3n) is 3.87. The minimum absolute atomic E-state index is 0.0646. The van der Waals surface area contributed by atoms with Crippen molar-refractivity contribution in [3.63, 3.8) is 0 Å². The van der Waals surface area contributed by atoms with Gasteiger partial charge in [-0.2, -0.15) is 0 Å². The average Bonchev–Trinajstić information content (AvgIpc) is 2.49. The molecule has 5 heteroatoms. The van der Waals surface area contributed by atoms with Crippen molar-refractivity contribution >= 4 is 21.8 Å². The molecule has 1 aromatic carbocycles. The summed E-state index contributed by atoms with van der Waals surface area (Å²) in [6.07, 6.45) is 6.25. The van der Waals surface area contributed by atoms with Crippen LogP contribution in [0.1, 0.15) is 37.7 Å². The number of carbonyl (C=O) groups is 1. The molecule has 0 spiro atoms. The van der Waals surface area contributed by atoms with Crippen LogP contribution in [-0.4, -0.2) is 26.2 Å². The minimum Gasteiger partial charge on any atom is -0.493 e. The zero-order valence-corrected chi connectivity index (χ0v) is 14.2. The zero-order valence-electron chi connectivity index (χ0n) is 12.6. The molecule has 0 saturated heterocycles. The van der Waals surface area contributed by atoms with E-state index in [1.807, 2.05) is 12.1 Å². The first-order chi connectivity index (χ1) is 10.1. The molecule has 1 aliphatic rings. The quantitative estimate of drug-likeness (QED) is 0.879. The van der Waals surface area contributed by atoms with Gasteiger partial charge in [0, 0.05) is 10.5 Å². The maximum absolute atomic E-state index is 12.2. The van der Waals surface area contributed by atoms with Gasteiger partial charge in [-0.3, -0.25) is 4.79 Å². The van der Waals surface area contributed by atoms with E-state index in [4.69, 9.17) is 9.47 Å². The lowest BCUT2D eigenvalue weighted by Gasteiger charge is -2.23. The summed E-state index contributed by atoms with van der Waals surface area (Å²) in [5.74, 6) is 1.36. The Kier molecular flexibility index (Phi) is 5.91. The van der Waals surface area contributed by atoms with Crippen molar-refractivity contribution in [1.82, 2.24) is 5.32 Å². The van der Waals surface area contributed by atoms with Crippen molar-refractivity contribution in [3.05, 3.63) is 22.2 Å². The van der Waals surface area contributed by atoms with Crippen LogP contribution in [-0.2, 0) is 11.2 Å². The molecule has 1 saturated carbocycles. The Morgan fingerprint density at radius 3 is 2.43 bits per heavy atom. The molecule has 0 unspecified atom stereocenters. The Morgan fingerprint density at radius 1 is 1.19 bits per heavy atom. The van der Waals surface area contributed by atoms with E-state index in [0.717, 1.165) is 22.9 Å². The number of hydrogen-bond donors (Lipinski definition) is 1. The number of methoxy groups -OCH3 is 2. The maximum Gasteiger partial charge on any atom is 0.224 e. The molecule has 0 aliphatic heterocycles. The van der Waals surface area contributed by atoms with Gasteiger partial charge in [0.2, 0.25) is 5.91 Å². The van der Waals surface area contributed by atoms with Crippen molar-refractivity contribution < 1.29 is 14.3 Å². The molecular formula is C16H22BrNO3. The summed E-state index contributed by atoms with van der Waals surface area (Å²) in [7, 11) is 3.19. The van der Waals surface area contributed by atoms with Gasteiger partial charge in [0.25, 0.3) is 0 Å². The second kappa shape index (κ2) is 7.69. The van der Waals surface area contributed by atoms with Crippen molar-refractivity contribution in [2.45, 2.75) is 44.6 Å². The number of halogens is 1. The average molecular weight is 356 g/mol. The van der Waals surface area contributed by atoms with Gasteiger partial charge in [0.1, 0.15) is 0 Å². The zero-order chi connectivity index (χ0) is 15.2. The molecule has 1 N–H and O–H groups in total. The summed E-state index contributed by atoms with van der Waals surface area (Å²) < 4.78 is 11.4. The van der Waals surface area contributed by atoms with E-state index in [0.29, 0.717) is 24.0 Å². The molecular weight excluding hydrogens is 334 g/mol. The highest BCUT2D eigenvalue weighted by atomic mass is 79.9. The Bertz CT molecular complexity index is 499. The molecule has 1 amide bonds. The first kappa shape index (κ1) is 16.1. The van der Waals surface area contributed by atoms with E-state index < -0.39 is 0 Å². The number of carbonyl (C=O) groups excluding carboxylic acids is 1. The summed E-state index contributed by atoms with van der Waals surface area (Å²) in [5.41, 5.74) is 0.904. The van der Waals surface area contributed by atoms with Crippen LogP contribution in [0.25, 0.3) is 0 Å². The molecule has 0 heterocycles. The molecule has 1 fully saturated rings. The Hall–Kier alpha value is -1.23. The monoisotopic (exact) mass is 355 g/mol. The van der Waals surface area contributed by atoms with Gasteiger partial charge >= 0.3 is 0 Å². The van der Waals surface area contributed by atoms with Crippen LogP contribution in [0.2, 0.25) is 0 Å². The topological polar surface area (TPSA) is 47.6 Å². The molecule has 2 rings (SSSR count). The fourth-order valence-corrected chi connectivity index (χ4v) is 3.19. The predicted molar refractivity (Wildman–Crippen MR) is 86.0 cm³/mol. The number of nitrogens with one attached hydrogen (secondary N) is 1. The summed E-state index contributed by atoms with van der Waals surface area (Å²) >= 11 is 3.49. The van der Waals surface area contributed by atoms with Crippen molar-refractivity contribution in [1.29, 1.82) is 0 Å². The predicted octanol–water partition coefficient (Wildman–Crippen LogP) is 3.46. The Morgan fingerprint density at radius 2 is 1.81 bits per heavy atom. The fourth-order valence-electron chi connectivity index (χ4n) is 2.73. The second-order valence-corrected chi connectivity index (χ2v) is 6.23. The van der Waals surface area contributed by atoms with Crippen molar-refractivity contribution in [2.75, 3.05) is 14.2 Å². The summed E-state index contributed by atoms with van der Waals surface area (Å²) in [6, 6.07) is 4.02. The van der Waals surface area contributed by atoms with Crippen LogP contribution in [0.5, 0.6) is 11.5 Å². The summed E-state index contributed by atoms with van der Waals surface area (Å²) in [6.45, 7) is 0. The van der Waals surface area contributed by atoms with Gasteiger partial charge in [-0.1, -0.05) is 35.2 Å². The first-order valence-corrected chi connectivity index (χ1v) is 8.13. The molecule has 0 radical (unpaired) electrons. The van der Waals surface area contributed by atoms with E-state index >= 15 is 0 Å². The van der Waals surface area contributed by atoms with Gasteiger partial charge in [0.15, 0.2) is 11.5 Å². The van der Waals surface area contributed by atoms with Crippen molar-refractivity contribution in [3.8, 4) is 11.5 Å². The lowest BCUT2D eigenvalue weighted by atomic mass is 9.95. The van der Waals surface area contributed by atoms with Gasteiger partial charge in [-0.15, -0.1) is 0 Å². The molecule has 21 heavy (non-hydrogen) atoms. The second-order valence-electron chi connectivity index (χ2n) is 5.38. The normalized spacial score (nSPS) is 15.6. The van der Waals surface area contributed by atoms with E-state index in [-0.39, 0.29) is 5.91 Å². The van der Waals surface area contributed by atoms with Crippen LogP contribution in [0.4, 0.5) is 0 Å². The number of rotatable bonds is 5. The highest BCUT2D eigenvalue weighted by Crippen LogP contribution is 2.33. The summed E-state index contributed by atoms with van der Waals surface area (Å²) in [4.78, 5) is 12.2. The number of amides is 1. The fraction of sp³-hybridized carbons (Fsp3) is 0.562. The van der Waals surface area contributed by atoms with Crippen LogP contribution >= 0.6 is 15.9 Å². The smallest absolute Gasteiger partial charge is 0.224 e. The lowest BCUT2D eigenvalue weighted by molar-refractivity contribution is -0.121. The molecule has 0 bridgehead atoms. The molecule has 1 aliphatic carbocycles. The first-order valence-electron chi connectivity index (χ1n) is 7.33. The Labute approximate surface area is 134 Å². The SMILES string of the molecule is COc1cc(Br)c(CC(=O)NC2CCCCC2)cc1OC. The third-order valence-corrected chi connectivity index (χ3v) is 4.61. The lowest BCUT2D eigenvalue weighted by Crippen LogP contribution is -2.37. The molecule has 1 aromatic rings. The number of hydrogen-bond acceptors (Lipinski definition) is 3. The minimum atomic E-state index is 0.0646. The molecule has 0 atom stereocenters. The van der Waals surface area contributed by atoms with Gasteiger partial charge in [0.05, 0.1) is 20.6 Å². The van der Waals surface area contributed by atoms with Gasteiger partial charge in [-0.25, -0.2) is 0 Å².